The fraction of sp³-hybridized carbons (Fsp3) is 0.625. The number of benzene rings is 1. The van der Waals surface area contributed by atoms with Crippen molar-refractivity contribution in [3.63, 3.8) is 0 Å². The molecule has 0 radical (unpaired) electrons. The minimum atomic E-state index is -0.521. The maximum Gasteiger partial charge on any atom is 0.258 e. The van der Waals surface area contributed by atoms with Crippen LogP contribution in [0.3, 0.4) is 0 Å². The summed E-state index contributed by atoms with van der Waals surface area (Å²) >= 11 is 0. The van der Waals surface area contributed by atoms with Crippen LogP contribution in [0.4, 0.5) is 0 Å². The Morgan fingerprint density at radius 2 is 1.78 bits per heavy atom. The van der Waals surface area contributed by atoms with Gasteiger partial charge in [-0.25, -0.2) is 0 Å². The molecule has 174 valence electrons. The molecule has 1 aromatic rings. The molecular weight excluding hydrogens is 410 g/mol. The number of hydrogen-bond donors (Lipinski definition) is 0. The zero-order valence-electron chi connectivity index (χ0n) is 19.2. The van der Waals surface area contributed by atoms with Gasteiger partial charge in [0, 0.05) is 51.5 Å². The molecule has 3 amide bonds. The van der Waals surface area contributed by atoms with Gasteiger partial charge in [0.25, 0.3) is 5.91 Å². The second kappa shape index (κ2) is 9.38. The topological polar surface area (TPSA) is 79.4 Å². The Morgan fingerprint density at radius 3 is 2.41 bits per heavy atom. The van der Waals surface area contributed by atoms with Crippen LogP contribution in [0, 0.1) is 5.92 Å². The molecule has 1 aromatic carbocycles. The van der Waals surface area contributed by atoms with Gasteiger partial charge in [-0.05, 0) is 44.9 Å². The Hall–Kier alpha value is -2.77. The predicted molar refractivity (Wildman–Crippen MR) is 119 cm³/mol. The van der Waals surface area contributed by atoms with E-state index in [0.29, 0.717) is 49.8 Å². The molecule has 0 spiro atoms. The average molecular weight is 444 g/mol. The summed E-state index contributed by atoms with van der Waals surface area (Å²) in [6.45, 7) is 6.74. The number of likely N-dealkylation sites (tertiary alicyclic amines) is 1. The summed E-state index contributed by atoms with van der Waals surface area (Å²) in [7, 11) is 1.56. The van der Waals surface area contributed by atoms with Gasteiger partial charge in [-0.2, -0.15) is 0 Å². The van der Waals surface area contributed by atoms with Gasteiger partial charge in [-0.1, -0.05) is 0 Å². The van der Waals surface area contributed by atoms with Crippen LogP contribution in [0.25, 0.3) is 0 Å². The lowest BCUT2D eigenvalue weighted by molar-refractivity contribution is -0.139. The van der Waals surface area contributed by atoms with E-state index in [1.165, 1.54) is 0 Å². The molecule has 8 nitrogen and oxygen atoms in total. The summed E-state index contributed by atoms with van der Waals surface area (Å²) in [4.78, 5) is 43.7. The number of rotatable bonds is 6. The highest BCUT2D eigenvalue weighted by atomic mass is 16.5. The third-order valence-corrected chi connectivity index (χ3v) is 6.78. The number of piperidine rings is 1. The van der Waals surface area contributed by atoms with E-state index in [9.17, 15) is 14.4 Å². The Labute approximate surface area is 189 Å². The number of amides is 3. The molecule has 0 N–H and O–H groups in total. The molecule has 2 aliphatic heterocycles. The highest BCUT2D eigenvalue weighted by Gasteiger charge is 2.37. The monoisotopic (exact) mass is 443 g/mol. The van der Waals surface area contributed by atoms with Crippen molar-refractivity contribution in [2.75, 3.05) is 39.8 Å². The largest absolute Gasteiger partial charge is 0.497 e. The minimum absolute atomic E-state index is 0.0369. The van der Waals surface area contributed by atoms with Crippen LogP contribution in [-0.4, -0.2) is 84.4 Å². The normalized spacial score (nSPS) is 22.2. The van der Waals surface area contributed by atoms with E-state index in [1.54, 1.807) is 42.0 Å². The van der Waals surface area contributed by atoms with Crippen LogP contribution < -0.4 is 9.47 Å². The lowest BCUT2D eigenvalue weighted by Gasteiger charge is -2.39. The van der Waals surface area contributed by atoms with Crippen LogP contribution in [0.1, 0.15) is 49.9 Å². The van der Waals surface area contributed by atoms with E-state index in [0.717, 1.165) is 25.7 Å². The second-order valence-corrected chi connectivity index (χ2v) is 8.87. The molecule has 0 unspecified atom stereocenters. The van der Waals surface area contributed by atoms with E-state index >= 15 is 0 Å². The molecule has 2 heterocycles. The van der Waals surface area contributed by atoms with Crippen molar-refractivity contribution in [1.29, 1.82) is 0 Å². The molecular formula is C24H33N3O5. The second-order valence-electron chi connectivity index (χ2n) is 8.87. The van der Waals surface area contributed by atoms with Crippen LogP contribution in [0.15, 0.2) is 18.2 Å². The Balaban J connectivity index is 1.47. The number of nitrogens with zero attached hydrogens (tertiary/aromatic N) is 3. The first kappa shape index (κ1) is 22.4. The van der Waals surface area contributed by atoms with Gasteiger partial charge in [-0.3, -0.25) is 14.4 Å². The van der Waals surface area contributed by atoms with E-state index in [4.69, 9.17) is 9.47 Å². The molecule has 1 saturated carbocycles. The number of ether oxygens (including phenoxy) is 2. The van der Waals surface area contributed by atoms with Gasteiger partial charge >= 0.3 is 0 Å². The standard InChI is InChI=1S/C24H33N3O5/c1-4-25-13-14-27(16(2)22(25)28)24(30)20-15-19(31-3)7-8-21(20)32-18-9-11-26(12-10-18)23(29)17-5-6-17/h7-8,15-18H,4-6,9-14H2,1-3H3/t16-/m0/s1. The van der Waals surface area contributed by atoms with Crippen molar-refractivity contribution >= 4 is 17.7 Å². The smallest absolute Gasteiger partial charge is 0.258 e. The summed E-state index contributed by atoms with van der Waals surface area (Å²) in [5, 5.41) is 0. The van der Waals surface area contributed by atoms with Crippen LogP contribution in [0.5, 0.6) is 11.5 Å². The van der Waals surface area contributed by atoms with Crippen molar-refractivity contribution in [3.05, 3.63) is 23.8 Å². The zero-order valence-corrected chi connectivity index (χ0v) is 19.2. The summed E-state index contributed by atoms with van der Waals surface area (Å²) in [5.74, 6) is 1.31. The van der Waals surface area contributed by atoms with Gasteiger partial charge < -0.3 is 24.2 Å². The maximum absolute atomic E-state index is 13.5. The molecule has 3 fully saturated rings. The third kappa shape index (κ3) is 4.54. The molecule has 8 heteroatoms. The van der Waals surface area contributed by atoms with Crippen molar-refractivity contribution in [1.82, 2.24) is 14.7 Å². The summed E-state index contributed by atoms with van der Waals surface area (Å²) in [6, 6.07) is 4.71. The number of carbonyl (C=O) groups excluding carboxylic acids is 3. The number of methoxy groups -OCH3 is 1. The van der Waals surface area contributed by atoms with E-state index in [2.05, 4.69) is 0 Å². The fourth-order valence-corrected chi connectivity index (χ4v) is 4.54. The lowest BCUT2D eigenvalue weighted by atomic mass is 10.1. The van der Waals surface area contributed by atoms with Gasteiger partial charge in [0.05, 0.1) is 12.7 Å². The molecule has 1 aliphatic carbocycles. The SMILES string of the molecule is CCN1CCN(C(=O)c2cc(OC)ccc2OC2CCN(C(=O)C3CC3)CC2)[C@@H](C)C1=O. The first-order valence-corrected chi connectivity index (χ1v) is 11.7. The molecule has 3 aliphatic rings. The van der Waals surface area contributed by atoms with Crippen molar-refractivity contribution in [3.8, 4) is 11.5 Å². The summed E-state index contributed by atoms with van der Waals surface area (Å²) in [6.07, 6.45) is 3.44. The van der Waals surface area contributed by atoms with Gasteiger partial charge in [-0.15, -0.1) is 0 Å². The van der Waals surface area contributed by atoms with Crippen molar-refractivity contribution < 1.29 is 23.9 Å². The van der Waals surface area contributed by atoms with Crippen LogP contribution in [-0.2, 0) is 9.59 Å². The van der Waals surface area contributed by atoms with Gasteiger partial charge in [0.2, 0.25) is 11.8 Å². The first-order chi connectivity index (χ1) is 15.4. The van der Waals surface area contributed by atoms with E-state index in [-0.39, 0.29) is 29.7 Å². The van der Waals surface area contributed by atoms with Crippen molar-refractivity contribution in [2.45, 2.75) is 51.7 Å². The summed E-state index contributed by atoms with van der Waals surface area (Å²) in [5.41, 5.74) is 0.408. The van der Waals surface area contributed by atoms with Crippen molar-refractivity contribution in [2.24, 2.45) is 5.92 Å². The lowest BCUT2D eigenvalue weighted by Crippen LogP contribution is -2.57. The number of hydrogen-bond acceptors (Lipinski definition) is 5. The molecule has 1 atom stereocenters. The fourth-order valence-electron chi connectivity index (χ4n) is 4.54. The number of piperazine rings is 1. The Morgan fingerprint density at radius 1 is 1.06 bits per heavy atom. The summed E-state index contributed by atoms with van der Waals surface area (Å²) < 4.78 is 11.6. The first-order valence-electron chi connectivity index (χ1n) is 11.7. The van der Waals surface area contributed by atoms with Gasteiger partial charge in [0.15, 0.2) is 0 Å². The predicted octanol–water partition coefficient (Wildman–Crippen LogP) is 2.17. The molecule has 32 heavy (non-hydrogen) atoms. The molecule has 4 rings (SSSR count). The van der Waals surface area contributed by atoms with Gasteiger partial charge in [0.1, 0.15) is 23.6 Å². The van der Waals surface area contributed by atoms with E-state index in [1.807, 2.05) is 11.8 Å². The average Bonchev–Trinajstić information content (AvgIpc) is 3.66. The van der Waals surface area contributed by atoms with E-state index < -0.39 is 6.04 Å². The number of likely N-dealkylation sites (N-methyl/N-ethyl adjacent to an activating group) is 1. The third-order valence-electron chi connectivity index (χ3n) is 6.78. The maximum atomic E-state index is 13.5. The zero-order chi connectivity index (χ0) is 22.8. The molecule has 2 saturated heterocycles. The minimum Gasteiger partial charge on any atom is -0.497 e. The number of carbonyl (C=O) groups is 3. The Kier molecular flexibility index (Phi) is 6.58. The quantitative estimate of drug-likeness (QED) is 0.673. The van der Waals surface area contributed by atoms with Crippen LogP contribution in [0.2, 0.25) is 0 Å². The highest BCUT2D eigenvalue weighted by molar-refractivity contribution is 6.00. The highest BCUT2D eigenvalue weighted by Crippen LogP contribution is 2.33. The Bertz CT molecular complexity index is 876. The molecule has 0 bridgehead atoms. The van der Waals surface area contributed by atoms with Crippen LogP contribution >= 0.6 is 0 Å². The molecule has 0 aromatic heterocycles.